The number of nitrogens with one attached hydrogen (secondary N) is 2. The Morgan fingerprint density at radius 3 is 2.62 bits per heavy atom. The van der Waals surface area contributed by atoms with Gasteiger partial charge in [0.2, 0.25) is 5.91 Å². The SMILES string of the molecule is CSCCC(NC(=O)CNC(=O)CON=C1C=C2CCC3C(C(O)CC4(C)C3CCC4(C)O)C2(C)CC1)C(=O)O. The maximum Gasteiger partial charge on any atom is 0.326 e. The highest BCUT2D eigenvalue weighted by atomic mass is 32.2. The highest BCUT2D eigenvalue weighted by molar-refractivity contribution is 7.98. The van der Waals surface area contributed by atoms with E-state index in [1.165, 1.54) is 17.3 Å². The molecule has 0 aromatic heterocycles. The number of amides is 2. The van der Waals surface area contributed by atoms with Crippen molar-refractivity contribution in [3.63, 3.8) is 0 Å². The first-order chi connectivity index (χ1) is 18.8. The van der Waals surface area contributed by atoms with Crippen molar-refractivity contribution in [2.75, 3.05) is 25.2 Å². The zero-order chi connectivity index (χ0) is 29.3. The van der Waals surface area contributed by atoms with Crippen LogP contribution in [-0.4, -0.2) is 81.7 Å². The first-order valence-corrected chi connectivity index (χ1v) is 15.8. The summed E-state index contributed by atoms with van der Waals surface area (Å²) in [5.74, 6) is -0.660. The van der Waals surface area contributed by atoms with Crippen molar-refractivity contribution in [2.45, 2.75) is 89.9 Å². The third kappa shape index (κ3) is 5.92. The molecule has 10 nitrogen and oxygen atoms in total. The third-order valence-electron chi connectivity index (χ3n) is 10.5. The van der Waals surface area contributed by atoms with Crippen molar-refractivity contribution in [2.24, 2.45) is 33.7 Å². The van der Waals surface area contributed by atoms with Crippen molar-refractivity contribution >= 4 is 35.3 Å². The molecule has 40 heavy (non-hydrogen) atoms. The van der Waals surface area contributed by atoms with E-state index < -0.39 is 35.5 Å². The van der Waals surface area contributed by atoms with E-state index in [1.807, 2.05) is 13.2 Å². The normalized spacial score (nSPS) is 38.4. The monoisotopic (exact) mass is 579 g/mol. The Balaban J connectivity index is 1.30. The standard InChI is InChI=1S/C29H45N3O7S/c1-27-10-7-18(32-39-16-24(35)30-15-23(34)31-21(26(36)37)9-12-40-4)13-17(27)5-6-19-20-8-11-29(3,38)28(20,2)14-22(33)25(19)27/h13,19-22,25,33,38H,5-12,14-16H2,1-4H3,(H,30,35)(H,31,34)(H,36,37). The van der Waals surface area contributed by atoms with E-state index in [-0.39, 0.29) is 29.9 Å². The molecule has 224 valence electrons. The summed E-state index contributed by atoms with van der Waals surface area (Å²) in [6.07, 6.45) is 9.60. The summed E-state index contributed by atoms with van der Waals surface area (Å²) in [6.45, 7) is 5.68. The molecule has 8 atom stereocenters. The largest absolute Gasteiger partial charge is 0.480 e. The summed E-state index contributed by atoms with van der Waals surface area (Å²) >= 11 is 1.49. The molecule has 0 radical (unpaired) electrons. The molecule has 4 rings (SSSR count). The van der Waals surface area contributed by atoms with E-state index >= 15 is 0 Å². The summed E-state index contributed by atoms with van der Waals surface area (Å²) in [7, 11) is 0. The summed E-state index contributed by atoms with van der Waals surface area (Å²) in [4.78, 5) is 40.8. The van der Waals surface area contributed by atoms with Crippen molar-refractivity contribution < 1.29 is 34.5 Å². The van der Waals surface area contributed by atoms with Crippen LogP contribution in [0.25, 0.3) is 0 Å². The van der Waals surface area contributed by atoms with Gasteiger partial charge in [-0.2, -0.15) is 11.8 Å². The molecule has 8 unspecified atom stereocenters. The molecule has 0 aromatic carbocycles. The van der Waals surface area contributed by atoms with Crippen molar-refractivity contribution in [1.29, 1.82) is 0 Å². The van der Waals surface area contributed by atoms with Crippen LogP contribution in [0.5, 0.6) is 0 Å². The van der Waals surface area contributed by atoms with Gasteiger partial charge in [-0.05, 0) is 99.5 Å². The van der Waals surface area contributed by atoms with Crippen molar-refractivity contribution in [1.82, 2.24) is 10.6 Å². The molecule has 0 heterocycles. The molecule has 0 saturated heterocycles. The zero-order valence-electron chi connectivity index (χ0n) is 24.1. The minimum absolute atomic E-state index is 0.133. The fourth-order valence-electron chi connectivity index (χ4n) is 8.13. The van der Waals surface area contributed by atoms with Crippen LogP contribution in [0.1, 0.15) is 72.1 Å². The molecule has 4 aliphatic rings. The smallest absolute Gasteiger partial charge is 0.326 e. The second-order valence-electron chi connectivity index (χ2n) is 12.8. The van der Waals surface area contributed by atoms with Gasteiger partial charge in [0.15, 0.2) is 6.61 Å². The molecule has 3 fully saturated rings. The number of hydrogen-bond donors (Lipinski definition) is 5. The lowest BCUT2D eigenvalue weighted by molar-refractivity contribution is -0.164. The van der Waals surface area contributed by atoms with Gasteiger partial charge in [0, 0.05) is 5.41 Å². The van der Waals surface area contributed by atoms with E-state index in [2.05, 4.69) is 35.7 Å². The summed E-state index contributed by atoms with van der Waals surface area (Å²) in [5, 5.41) is 40.8. The van der Waals surface area contributed by atoms with E-state index in [1.54, 1.807) is 0 Å². The predicted molar refractivity (Wildman–Crippen MR) is 153 cm³/mol. The Bertz CT molecular complexity index is 1060. The van der Waals surface area contributed by atoms with Gasteiger partial charge in [-0.15, -0.1) is 0 Å². The lowest BCUT2D eigenvalue weighted by Gasteiger charge is -2.60. The second-order valence-corrected chi connectivity index (χ2v) is 13.8. The zero-order valence-corrected chi connectivity index (χ0v) is 24.9. The lowest BCUT2D eigenvalue weighted by Crippen LogP contribution is -2.59. The quantitative estimate of drug-likeness (QED) is 0.247. The van der Waals surface area contributed by atoms with E-state index in [9.17, 15) is 29.7 Å². The number of aliphatic carboxylic acids is 1. The Morgan fingerprint density at radius 1 is 1.18 bits per heavy atom. The number of aliphatic hydroxyl groups excluding tert-OH is 1. The van der Waals surface area contributed by atoms with Crippen LogP contribution < -0.4 is 10.6 Å². The predicted octanol–water partition coefficient (Wildman–Crippen LogP) is 2.48. The fraction of sp³-hybridized carbons (Fsp3) is 0.793. The minimum atomic E-state index is -1.11. The van der Waals surface area contributed by atoms with Gasteiger partial charge in [-0.1, -0.05) is 24.6 Å². The molecule has 11 heteroatoms. The number of allylic oxidation sites excluding steroid dienone is 2. The number of thioether (sulfide) groups is 1. The Kier molecular flexibility index (Phi) is 9.26. The average Bonchev–Trinajstić information content (AvgIpc) is 3.12. The molecule has 2 amide bonds. The lowest BCUT2D eigenvalue weighted by atomic mass is 9.45. The number of nitrogens with zero attached hydrogens (tertiary/aromatic N) is 1. The molecule has 4 aliphatic carbocycles. The van der Waals surface area contributed by atoms with Gasteiger partial charge < -0.3 is 30.8 Å². The Hall–Kier alpha value is -2.11. The maximum absolute atomic E-state index is 12.1. The number of carboxylic acids is 1. The van der Waals surface area contributed by atoms with Gasteiger partial charge in [-0.3, -0.25) is 9.59 Å². The third-order valence-corrected chi connectivity index (χ3v) is 11.2. The summed E-state index contributed by atoms with van der Waals surface area (Å²) in [5.41, 5.74) is 0.896. The maximum atomic E-state index is 12.1. The van der Waals surface area contributed by atoms with Crippen LogP contribution in [0.15, 0.2) is 16.8 Å². The Morgan fingerprint density at radius 2 is 1.93 bits per heavy atom. The van der Waals surface area contributed by atoms with E-state index in [0.717, 1.165) is 37.8 Å². The van der Waals surface area contributed by atoms with Gasteiger partial charge in [0.25, 0.3) is 5.91 Å². The van der Waals surface area contributed by atoms with E-state index in [4.69, 9.17) is 4.84 Å². The van der Waals surface area contributed by atoms with Crippen LogP contribution in [0.2, 0.25) is 0 Å². The number of carbonyl (C=O) groups excluding carboxylic acids is 2. The fourth-order valence-corrected chi connectivity index (χ4v) is 8.61. The molecule has 0 aromatic rings. The van der Waals surface area contributed by atoms with Crippen LogP contribution in [0.3, 0.4) is 0 Å². The number of carboxylic acid groups (broad SMARTS) is 1. The highest BCUT2D eigenvalue weighted by Gasteiger charge is 2.64. The number of fused-ring (bicyclic) bond motifs is 5. The molecular formula is C29H45N3O7S. The number of carbonyl (C=O) groups is 3. The molecule has 3 saturated carbocycles. The van der Waals surface area contributed by atoms with Crippen LogP contribution in [0, 0.1) is 28.6 Å². The molecular weight excluding hydrogens is 534 g/mol. The van der Waals surface area contributed by atoms with Gasteiger partial charge in [0.05, 0.1) is 24.0 Å². The topological polar surface area (TPSA) is 158 Å². The van der Waals surface area contributed by atoms with Crippen LogP contribution in [-0.2, 0) is 19.2 Å². The second kappa shape index (κ2) is 12.0. The van der Waals surface area contributed by atoms with Crippen molar-refractivity contribution in [3.8, 4) is 0 Å². The number of oxime groups is 1. The van der Waals surface area contributed by atoms with Crippen LogP contribution >= 0.6 is 11.8 Å². The molecule has 0 spiro atoms. The first-order valence-electron chi connectivity index (χ1n) is 14.4. The number of rotatable bonds is 10. The summed E-state index contributed by atoms with van der Waals surface area (Å²) in [6, 6.07) is -0.994. The van der Waals surface area contributed by atoms with Crippen LogP contribution in [0.4, 0.5) is 0 Å². The molecule has 5 N–H and O–H groups in total. The van der Waals surface area contributed by atoms with Gasteiger partial charge in [-0.25, -0.2) is 4.79 Å². The van der Waals surface area contributed by atoms with E-state index in [0.29, 0.717) is 36.9 Å². The van der Waals surface area contributed by atoms with Gasteiger partial charge in [0.1, 0.15) is 6.04 Å². The molecule has 0 aliphatic heterocycles. The Labute approximate surface area is 240 Å². The van der Waals surface area contributed by atoms with Crippen molar-refractivity contribution in [3.05, 3.63) is 11.6 Å². The summed E-state index contributed by atoms with van der Waals surface area (Å²) < 4.78 is 0. The average molecular weight is 580 g/mol. The minimum Gasteiger partial charge on any atom is -0.480 e. The first kappa shape index (κ1) is 30.8. The highest BCUT2D eigenvalue weighted by Crippen LogP contribution is 2.67. The molecule has 0 bridgehead atoms. The van der Waals surface area contributed by atoms with Gasteiger partial charge >= 0.3 is 5.97 Å². The number of aliphatic hydroxyl groups is 2. The number of hydrogen-bond acceptors (Lipinski definition) is 8.